The number of fused-ring (bicyclic) bond motifs is 2. The number of nitrogens with zero attached hydrogens (tertiary/aromatic N) is 2. The van der Waals surface area contributed by atoms with Crippen molar-refractivity contribution in [3.05, 3.63) is 81.6 Å². The summed E-state index contributed by atoms with van der Waals surface area (Å²) in [7, 11) is 2.72. The van der Waals surface area contributed by atoms with E-state index in [2.05, 4.69) is 10.2 Å². The number of esters is 2. The van der Waals surface area contributed by atoms with Gasteiger partial charge >= 0.3 is 11.9 Å². The highest BCUT2D eigenvalue weighted by Gasteiger charge is 2.45. The fourth-order valence-electron chi connectivity index (χ4n) is 4.63. The SMILES string of the molecule is COC(=O)c1ccc2c(c1)CCc1cc(C(=O)OC)ccc1C2(CCN)c1nnc(C)o1. The molecule has 8 nitrogen and oxygen atoms in total. The number of benzene rings is 2. The summed E-state index contributed by atoms with van der Waals surface area (Å²) < 4.78 is 15.8. The largest absolute Gasteiger partial charge is 0.465 e. The minimum Gasteiger partial charge on any atom is -0.465 e. The van der Waals surface area contributed by atoms with E-state index in [4.69, 9.17) is 19.6 Å². The number of hydrogen-bond donors (Lipinski definition) is 1. The van der Waals surface area contributed by atoms with Gasteiger partial charge in [-0.05, 0) is 72.3 Å². The molecule has 4 rings (SSSR count). The standard InChI is InChI=1S/C24H25N3O5/c1-14-26-27-23(32-14)24(10-11-25)19-8-6-17(21(28)30-2)12-15(19)4-5-16-13-18(22(29)31-3)7-9-20(16)24/h6-9,12-13H,4-5,10-11,25H2,1-3H3. The van der Waals surface area contributed by atoms with Crippen LogP contribution in [-0.4, -0.2) is 42.9 Å². The maximum absolute atomic E-state index is 12.2. The Bertz CT molecular complexity index is 1120. The Morgan fingerprint density at radius 2 is 1.50 bits per heavy atom. The van der Waals surface area contributed by atoms with Crippen LogP contribution in [0.25, 0.3) is 0 Å². The minimum absolute atomic E-state index is 0.359. The molecule has 0 saturated heterocycles. The highest BCUT2D eigenvalue weighted by atomic mass is 16.5. The van der Waals surface area contributed by atoms with Crippen molar-refractivity contribution in [2.45, 2.75) is 31.6 Å². The first-order valence-electron chi connectivity index (χ1n) is 10.4. The van der Waals surface area contributed by atoms with Gasteiger partial charge in [0.2, 0.25) is 11.8 Å². The Morgan fingerprint density at radius 1 is 0.969 bits per heavy atom. The number of ether oxygens (including phenoxy) is 2. The summed E-state index contributed by atoms with van der Waals surface area (Å²) in [5.74, 6) is 0.0730. The van der Waals surface area contributed by atoms with Gasteiger partial charge in [0.1, 0.15) is 5.41 Å². The molecule has 0 aliphatic heterocycles. The molecule has 0 amide bonds. The van der Waals surface area contributed by atoms with Gasteiger partial charge in [-0.3, -0.25) is 0 Å². The van der Waals surface area contributed by atoms with Gasteiger partial charge in [0.15, 0.2) is 0 Å². The van der Waals surface area contributed by atoms with Gasteiger partial charge in [-0.1, -0.05) is 12.1 Å². The third kappa shape index (κ3) is 3.46. The predicted molar refractivity (Wildman–Crippen MR) is 116 cm³/mol. The van der Waals surface area contributed by atoms with E-state index in [0.29, 0.717) is 48.7 Å². The van der Waals surface area contributed by atoms with Crippen LogP contribution >= 0.6 is 0 Å². The fourth-order valence-corrected chi connectivity index (χ4v) is 4.63. The van der Waals surface area contributed by atoms with Gasteiger partial charge in [0, 0.05) is 6.92 Å². The number of rotatable bonds is 5. The second-order valence-electron chi connectivity index (χ2n) is 7.80. The summed E-state index contributed by atoms with van der Waals surface area (Å²) in [6.45, 7) is 2.10. The average molecular weight is 435 g/mol. The summed E-state index contributed by atoms with van der Waals surface area (Å²) in [4.78, 5) is 24.4. The van der Waals surface area contributed by atoms with E-state index in [1.165, 1.54) is 14.2 Å². The molecule has 0 bridgehead atoms. The van der Waals surface area contributed by atoms with E-state index in [-0.39, 0.29) is 0 Å². The second kappa shape index (κ2) is 8.55. The topological polar surface area (TPSA) is 118 Å². The molecule has 1 aliphatic carbocycles. The van der Waals surface area contributed by atoms with Gasteiger partial charge in [0.25, 0.3) is 0 Å². The molecule has 1 aliphatic rings. The molecule has 0 atom stereocenters. The molecule has 0 fully saturated rings. The van der Waals surface area contributed by atoms with Crippen molar-refractivity contribution in [2.75, 3.05) is 20.8 Å². The van der Waals surface area contributed by atoms with Crippen molar-refractivity contribution in [3.8, 4) is 0 Å². The molecule has 2 aromatic carbocycles. The summed E-state index contributed by atoms with van der Waals surface area (Å²) in [6, 6.07) is 11.0. The number of aryl methyl sites for hydroxylation is 3. The summed E-state index contributed by atoms with van der Waals surface area (Å²) in [6.07, 6.45) is 1.80. The maximum Gasteiger partial charge on any atom is 0.337 e. The van der Waals surface area contributed by atoms with Gasteiger partial charge in [-0.2, -0.15) is 0 Å². The lowest BCUT2D eigenvalue weighted by molar-refractivity contribution is 0.0591. The summed E-state index contributed by atoms with van der Waals surface area (Å²) >= 11 is 0. The Kier molecular flexibility index (Phi) is 5.80. The third-order valence-electron chi connectivity index (χ3n) is 6.05. The molecule has 2 N–H and O–H groups in total. The molecule has 32 heavy (non-hydrogen) atoms. The number of carbonyl (C=O) groups excluding carboxylic acids is 2. The van der Waals surface area contributed by atoms with Crippen LogP contribution in [0.2, 0.25) is 0 Å². The molecular weight excluding hydrogens is 410 g/mol. The number of nitrogens with two attached hydrogens (primary N) is 1. The molecular formula is C24H25N3O5. The first-order valence-corrected chi connectivity index (χ1v) is 10.4. The predicted octanol–water partition coefficient (Wildman–Crippen LogP) is 2.73. The fraction of sp³-hybridized carbons (Fsp3) is 0.333. The molecule has 0 spiro atoms. The number of methoxy groups -OCH3 is 2. The molecule has 0 saturated carbocycles. The lowest BCUT2D eigenvalue weighted by atomic mass is 9.69. The molecule has 8 heteroatoms. The second-order valence-corrected chi connectivity index (χ2v) is 7.80. The van der Waals surface area contributed by atoms with E-state index in [9.17, 15) is 9.59 Å². The zero-order valence-electron chi connectivity index (χ0n) is 18.3. The zero-order chi connectivity index (χ0) is 22.9. The van der Waals surface area contributed by atoms with Crippen LogP contribution in [0.1, 0.15) is 61.2 Å². The lowest BCUT2D eigenvalue weighted by Crippen LogP contribution is -2.34. The number of carbonyl (C=O) groups is 2. The van der Waals surface area contributed by atoms with Crippen molar-refractivity contribution in [1.82, 2.24) is 10.2 Å². The van der Waals surface area contributed by atoms with Crippen molar-refractivity contribution in [3.63, 3.8) is 0 Å². The van der Waals surface area contributed by atoms with E-state index >= 15 is 0 Å². The summed E-state index contributed by atoms with van der Waals surface area (Å²) in [5.41, 5.74) is 10.1. The molecule has 166 valence electrons. The highest BCUT2D eigenvalue weighted by molar-refractivity contribution is 5.90. The van der Waals surface area contributed by atoms with Crippen LogP contribution in [0.5, 0.6) is 0 Å². The van der Waals surface area contributed by atoms with E-state index in [1.807, 2.05) is 24.3 Å². The van der Waals surface area contributed by atoms with Crippen LogP contribution in [0.3, 0.4) is 0 Å². The molecule has 0 radical (unpaired) electrons. The first-order chi connectivity index (χ1) is 15.4. The van der Waals surface area contributed by atoms with Crippen LogP contribution < -0.4 is 5.73 Å². The van der Waals surface area contributed by atoms with Gasteiger partial charge in [-0.25, -0.2) is 9.59 Å². The minimum atomic E-state index is -0.819. The van der Waals surface area contributed by atoms with Gasteiger partial charge in [0.05, 0.1) is 25.3 Å². The number of aromatic nitrogens is 2. The third-order valence-corrected chi connectivity index (χ3v) is 6.05. The monoisotopic (exact) mass is 435 g/mol. The first kappa shape index (κ1) is 21.7. The Hall–Kier alpha value is -3.52. The van der Waals surface area contributed by atoms with Crippen molar-refractivity contribution in [1.29, 1.82) is 0 Å². The van der Waals surface area contributed by atoms with Gasteiger partial charge in [-0.15, -0.1) is 10.2 Å². The lowest BCUT2D eigenvalue weighted by Gasteiger charge is -2.33. The smallest absolute Gasteiger partial charge is 0.337 e. The maximum atomic E-state index is 12.2. The van der Waals surface area contributed by atoms with Gasteiger partial charge < -0.3 is 19.6 Å². The number of hydrogen-bond acceptors (Lipinski definition) is 8. The van der Waals surface area contributed by atoms with Crippen LogP contribution in [0.15, 0.2) is 40.8 Å². The van der Waals surface area contributed by atoms with Crippen LogP contribution in [0, 0.1) is 6.92 Å². The van der Waals surface area contributed by atoms with Crippen LogP contribution in [-0.2, 0) is 27.7 Å². The normalized spacial score (nSPS) is 14.1. The van der Waals surface area contributed by atoms with E-state index < -0.39 is 17.4 Å². The Balaban J connectivity index is 2.02. The van der Waals surface area contributed by atoms with Crippen LogP contribution in [0.4, 0.5) is 0 Å². The molecule has 1 heterocycles. The zero-order valence-corrected chi connectivity index (χ0v) is 18.3. The van der Waals surface area contributed by atoms with Crippen molar-refractivity contribution in [2.24, 2.45) is 5.73 Å². The van der Waals surface area contributed by atoms with Crippen molar-refractivity contribution >= 4 is 11.9 Å². The molecule has 0 unspecified atom stereocenters. The summed E-state index contributed by atoms with van der Waals surface area (Å²) in [5, 5.41) is 8.47. The van der Waals surface area contributed by atoms with E-state index in [1.54, 1.807) is 19.1 Å². The highest BCUT2D eigenvalue weighted by Crippen LogP contribution is 2.46. The Morgan fingerprint density at radius 3 is 1.91 bits per heavy atom. The molecule has 3 aromatic rings. The molecule has 1 aromatic heterocycles. The van der Waals surface area contributed by atoms with Crippen molar-refractivity contribution < 1.29 is 23.5 Å². The van der Waals surface area contributed by atoms with E-state index in [0.717, 1.165) is 22.3 Å². The quantitative estimate of drug-likeness (QED) is 0.608. The Labute approximate surface area is 185 Å². The average Bonchev–Trinajstić information content (AvgIpc) is 3.21.